The van der Waals surface area contributed by atoms with Crippen LogP contribution in [-0.2, 0) is 20.9 Å². The number of amides is 1. The van der Waals surface area contributed by atoms with Crippen molar-refractivity contribution < 1.29 is 19.1 Å². The van der Waals surface area contributed by atoms with E-state index in [0.717, 1.165) is 5.56 Å². The fraction of sp³-hybridized carbons (Fsp3) is 0.429. The average molecular weight is 263 g/mol. The summed E-state index contributed by atoms with van der Waals surface area (Å²) in [5.41, 5.74) is 0.937. The average Bonchev–Trinajstić information content (AvgIpc) is 2.46. The maximum absolute atomic E-state index is 11.9. The molecule has 0 aliphatic carbocycles. The summed E-state index contributed by atoms with van der Waals surface area (Å²) >= 11 is 0. The lowest BCUT2D eigenvalue weighted by molar-refractivity contribution is -0.132. The number of piperidine rings is 1. The van der Waals surface area contributed by atoms with Gasteiger partial charge in [-0.05, 0) is 5.56 Å². The maximum Gasteiger partial charge on any atom is 0.410 e. The van der Waals surface area contributed by atoms with Gasteiger partial charge in [-0.3, -0.25) is 4.79 Å². The Kier molecular flexibility index (Phi) is 4.52. The summed E-state index contributed by atoms with van der Waals surface area (Å²) in [4.78, 5) is 24.9. The number of ether oxygens (including phenoxy) is 2. The molecule has 1 aromatic rings. The number of methoxy groups -OCH3 is 1. The number of likely N-dealkylation sites (tertiary alicyclic amines) is 1. The molecule has 1 amide bonds. The van der Waals surface area contributed by atoms with Gasteiger partial charge in [0.15, 0.2) is 5.78 Å². The van der Waals surface area contributed by atoms with E-state index in [1.54, 1.807) is 0 Å². The van der Waals surface area contributed by atoms with Crippen molar-refractivity contribution in [1.82, 2.24) is 4.90 Å². The number of nitrogens with zero attached hydrogens (tertiary/aromatic N) is 1. The molecule has 1 atom stereocenters. The number of hydrogen-bond donors (Lipinski definition) is 0. The normalized spacial score (nSPS) is 19.3. The first-order valence-corrected chi connectivity index (χ1v) is 6.22. The second-order valence-electron chi connectivity index (χ2n) is 4.43. The molecule has 1 aliphatic heterocycles. The first-order chi connectivity index (χ1) is 9.20. The molecule has 1 aliphatic rings. The van der Waals surface area contributed by atoms with Gasteiger partial charge in [-0.15, -0.1) is 0 Å². The van der Waals surface area contributed by atoms with Crippen LogP contribution in [0.3, 0.4) is 0 Å². The lowest BCUT2D eigenvalue weighted by Gasteiger charge is -2.30. The van der Waals surface area contributed by atoms with Gasteiger partial charge in [0.1, 0.15) is 12.7 Å². The number of hydrogen-bond acceptors (Lipinski definition) is 4. The van der Waals surface area contributed by atoms with Gasteiger partial charge < -0.3 is 14.4 Å². The van der Waals surface area contributed by atoms with Gasteiger partial charge in [0, 0.05) is 20.1 Å². The second kappa shape index (κ2) is 6.33. The number of benzene rings is 1. The summed E-state index contributed by atoms with van der Waals surface area (Å²) in [7, 11) is 1.47. The second-order valence-corrected chi connectivity index (χ2v) is 4.43. The maximum atomic E-state index is 11.9. The van der Waals surface area contributed by atoms with Crippen LogP contribution in [0.1, 0.15) is 12.0 Å². The number of ketones is 1. The number of carbonyl (C=O) groups excluding carboxylic acids is 2. The Morgan fingerprint density at radius 3 is 2.79 bits per heavy atom. The van der Waals surface area contributed by atoms with E-state index in [-0.39, 0.29) is 18.9 Å². The first kappa shape index (κ1) is 13.5. The Balaban J connectivity index is 1.85. The lowest BCUT2D eigenvalue weighted by Crippen LogP contribution is -2.47. The molecule has 19 heavy (non-hydrogen) atoms. The van der Waals surface area contributed by atoms with Gasteiger partial charge in [-0.1, -0.05) is 30.3 Å². The van der Waals surface area contributed by atoms with E-state index in [2.05, 4.69) is 0 Å². The van der Waals surface area contributed by atoms with Crippen molar-refractivity contribution in [2.75, 3.05) is 20.2 Å². The van der Waals surface area contributed by atoms with Gasteiger partial charge in [-0.2, -0.15) is 0 Å². The summed E-state index contributed by atoms with van der Waals surface area (Å²) in [6, 6.07) is 9.48. The highest BCUT2D eigenvalue weighted by Gasteiger charge is 2.30. The zero-order chi connectivity index (χ0) is 13.7. The van der Waals surface area contributed by atoms with E-state index in [1.807, 2.05) is 30.3 Å². The topological polar surface area (TPSA) is 55.8 Å². The zero-order valence-corrected chi connectivity index (χ0v) is 10.9. The van der Waals surface area contributed by atoms with E-state index in [4.69, 9.17) is 9.47 Å². The Hall–Kier alpha value is -1.88. The van der Waals surface area contributed by atoms with Crippen LogP contribution in [0.2, 0.25) is 0 Å². The number of Topliss-reactive ketones (excluding diaryl/α,β-unsaturated/α-hetero) is 1. The molecular weight excluding hydrogens is 246 g/mol. The summed E-state index contributed by atoms with van der Waals surface area (Å²) < 4.78 is 10.3. The Bertz CT molecular complexity index is 446. The molecule has 0 radical (unpaired) electrons. The Morgan fingerprint density at radius 2 is 2.11 bits per heavy atom. The quantitative estimate of drug-likeness (QED) is 0.831. The monoisotopic (exact) mass is 263 g/mol. The zero-order valence-electron chi connectivity index (χ0n) is 10.9. The minimum Gasteiger partial charge on any atom is -0.445 e. The van der Waals surface area contributed by atoms with E-state index in [0.29, 0.717) is 13.0 Å². The van der Waals surface area contributed by atoms with Crippen molar-refractivity contribution in [2.45, 2.75) is 19.1 Å². The highest BCUT2D eigenvalue weighted by atomic mass is 16.6. The molecule has 0 N–H and O–H groups in total. The molecule has 1 aromatic carbocycles. The summed E-state index contributed by atoms with van der Waals surface area (Å²) in [6.45, 7) is 0.900. The largest absolute Gasteiger partial charge is 0.445 e. The third-order valence-corrected chi connectivity index (χ3v) is 3.12. The fourth-order valence-electron chi connectivity index (χ4n) is 1.98. The summed E-state index contributed by atoms with van der Waals surface area (Å²) in [5.74, 6) is 0.0367. The van der Waals surface area contributed by atoms with Crippen molar-refractivity contribution in [3.05, 3.63) is 35.9 Å². The van der Waals surface area contributed by atoms with Gasteiger partial charge in [-0.25, -0.2) is 4.79 Å². The smallest absolute Gasteiger partial charge is 0.410 e. The molecular formula is C14H17NO4. The van der Waals surface area contributed by atoms with Crippen molar-refractivity contribution in [1.29, 1.82) is 0 Å². The molecule has 0 saturated carbocycles. The summed E-state index contributed by atoms with van der Waals surface area (Å²) in [6.07, 6.45) is -0.615. The molecule has 5 nitrogen and oxygen atoms in total. The number of carbonyl (C=O) groups is 2. The van der Waals surface area contributed by atoms with Gasteiger partial charge in [0.2, 0.25) is 0 Å². The molecule has 0 aromatic heterocycles. The third kappa shape index (κ3) is 3.54. The molecule has 102 valence electrons. The van der Waals surface area contributed by atoms with Crippen LogP contribution < -0.4 is 0 Å². The lowest BCUT2D eigenvalue weighted by atomic mass is 10.1. The predicted octanol–water partition coefficient (Wildman–Crippen LogP) is 1.61. The van der Waals surface area contributed by atoms with Gasteiger partial charge in [0.25, 0.3) is 0 Å². The first-order valence-electron chi connectivity index (χ1n) is 6.22. The molecule has 1 saturated heterocycles. The SMILES string of the molecule is COC1CN(C(=O)OCc2ccccc2)CCC1=O. The van der Waals surface area contributed by atoms with Crippen molar-refractivity contribution in [3.8, 4) is 0 Å². The van der Waals surface area contributed by atoms with E-state index >= 15 is 0 Å². The van der Waals surface area contributed by atoms with Gasteiger partial charge >= 0.3 is 6.09 Å². The van der Waals surface area contributed by atoms with E-state index in [9.17, 15) is 9.59 Å². The van der Waals surface area contributed by atoms with Crippen LogP contribution in [0.4, 0.5) is 4.79 Å². The van der Waals surface area contributed by atoms with Crippen LogP contribution in [0.25, 0.3) is 0 Å². The van der Waals surface area contributed by atoms with E-state index in [1.165, 1.54) is 12.0 Å². The fourth-order valence-corrected chi connectivity index (χ4v) is 1.98. The number of rotatable bonds is 3. The standard InChI is InChI=1S/C14H17NO4/c1-18-13-9-15(8-7-12(13)16)14(17)19-10-11-5-3-2-4-6-11/h2-6,13H,7-10H2,1H3. The molecule has 0 spiro atoms. The van der Waals surface area contributed by atoms with Crippen molar-refractivity contribution >= 4 is 11.9 Å². The Labute approximate surface area is 112 Å². The minimum atomic E-state index is -0.530. The van der Waals surface area contributed by atoms with Crippen LogP contribution in [0.5, 0.6) is 0 Å². The van der Waals surface area contributed by atoms with Crippen LogP contribution in [-0.4, -0.2) is 43.1 Å². The predicted molar refractivity (Wildman–Crippen MR) is 68.6 cm³/mol. The van der Waals surface area contributed by atoms with Crippen molar-refractivity contribution in [2.24, 2.45) is 0 Å². The van der Waals surface area contributed by atoms with E-state index < -0.39 is 12.2 Å². The Morgan fingerprint density at radius 1 is 1.37 bits per heavy atom. The van der Waals surface area contributed by atoms with Gasteiger partial charge in [0.05, 0.1) is 6.54 Å². The molecule has 1 heterocycles. The molecule has 2 rings (SSSR count). The van der Waals surface area contributed by atoms with Crippen molar-refractivity contribution in [3.63, 3.8) is 0 Å². The minimum absolute atomic E-state index is 0.0367. The van der Waals surface area contributed by atoms with Crippen LogP contribution >= 0.6 is 0 Å². The molecule has 5 heteroatoms. The highest BCUT2D eigenvalue weighted by Crippen LogP contribution is 2.11. The molecule has 0 bridgehead atoms. The highest BCUT2D eigenvalue weighted by molar-refractivity contribution is 5.85. The molecule has 1 unspecified atom stereocenters. The third-order valence-electron chi connectivity index (χ3n) is 3.12. The molecule has 1 fully saturated rings. The van der Waals surface area contributed by atoms with Crippen LogP contribution in [0, 0.1) is 0 Å². The summed E-state index contributed by atoms with van der Waals surface area (Å²) in [5, 5.41) is 0. The van der Waals surface area contributed by atoms with Crippen LogP contribution in [0.15, 0.2) is 30.3 Å².